The maximum Gasteiger partial charge on any atom is 0.223 e. The molecule has 3 nitrogen and oxygen atoms in total. The molecule has 1 aromatic carbocycles. The van der Waals surface area contributed by atoms with Crippen molar-refractivity contribution in [1.29, 1.82) is 0 Å². The zero-order valence-electron chi connectivity index (χ0n) is 10.2. The van der Waals surface area contributed by atoms with Gasteiger partial charge in [0.15, 0.2) is 0 Å². The first-order chi connectivity index (χ1) is 8.07. The molecule has 0 heterocycles. The maximum absolute atomic E-state index is 11.8. The molecule has 0 aliphatic rings. The zero-order valence-corrected chi connectivity index (χ0v) is 10.2. The molecule has 0 aliphatic carbocycles. The lowest BCUT2D eigenvalue weighted by Gasteiger charge is -2.25. The van der Waals surface area contributed by atoms with E-state index in [9.17, 15) is 9.90 Å². The first kappa shape index (κ1) is 13.1. The third kappa shape index (κ3) is 3.25. The zero-order chi connectivity index (χ0) is 12.8. The van der Waals surface area contributed by atoms with Crippen LogP contribution < -0.4 is 0 Å². The largest absolute Gasteiger partial charge is 0.508 e. The van der Waals surface area contributed by atoms with E-state index in [4.69, 9.17) is 6.42 Å². The Hall–Kier alpha value is -1.95. The van der Waals surface area contributed by atoms with Crippen molar-refractivity contribution in [2.75, 3.05) is 7.05 Å². The summed E-state index contributed by atoms with van der Waals surface area (Å²) < 4.78 is 0. The molecule has 0 bridgehead atoms. The van der Waals surface area contributed by atoms with E-state index in [0.717, 1.165) is 5.56 Å². The minimum Gasteiger partial charge on any atom is -0.508 e. The fraction of sp³-hybridized carbons (Fsp3) is 0.357. The summed E-state index contributed by atoms with van der Waals surface area (Å²) in [6, 6.07) is 6.86. The molecule has 0 spiro atoms. The highest BCUT2D eigenvalue weighted by Gasteiger charge is 2.18. The molecule has 1 unspecified atom stereocenters. The number of amides is 1. The molecule has 0 radical (unpaired) electrons. The summed E-state index contributed by atoms with van der Waals surface area (Å²) >= 11 is 0. The number of para-hydroxylation sites is 1. The van der Waals surface area contributed by atoms with Crippen molar-refractivity contribution in [2.24, 2.45) is 0 Å². The van der Waals surface area contributed by atoms with Gasteiger partial charge in [-0.2, -0.15) is 0 Å². The van der Waals surface area contributed by atoms with E-state index in [1.54, 1.807) is 24.1 Å². The van der Waals surface area contributed by atoms with Crippen LogP contribution in [0.5, 0.6) is 5.75 Å². The Morgan fingerprint density at radius 2 is 2.18 bits per heavy atom. The smallest absolute Gasteiger partial charge is 0.223 e. The van der Waals surface area contributed by atoms with Crippen molar-refractivity contribution in [3.63, 3.8) is 0 Å². The van der Waals surface area contributed by atoms with Gasteiger partial charge in [-0.15, -0.1) is 12.3 Å². The van der Waals surface area contributed by atoms with Gasteiger partial charge in [-0.3, -0.25) is 4.79 Å². The minimum absolute atomic E-state index is 0.0151. The average molecular weight is 231 g/mol. The molecule has 1 aromatic rings. The Balaban J connectivity index is 2.77. The summed E-state index contributed by atoms with van der Waals surface area (Å²) in [7, 11) is 1.72. The number of hydrogen-bond acceptors (Lipinski definition) is 2. The standard InChI is InChI=1S/C14H17NO2/c1-4-5-10-14(17)15(3)11(2)12-8-6-7-9-13(12)16/h1,6-9,11,16H,5,10H2,2-3H3. The molecule has 1 amide bonds. The van der Waals surface area contributed by atoms with Crippen LogP contribution in [0.4, 0.5) is 0 Å². The van der Waals surface area contributed by atoms with Crippen LogP contribution >= 0.6 is 0 Å². The van der Waals surface area contributed by atoms with Gasteiger partial charge in [0, 0.05) is 25.5 Å². The maximum atomic E-state index is 11.8. The SMILES string of the molecule is C#CCCC(=O)N(C)C(C)c1ccccc1O. The van der Waals surface area contributed by atoms with Gasteiger partial charge in [-0.25, -0.2) is 0 Å². The molecule has 1 N–H and O–H groups in total. The Labute approximate surface area is 102 Å². The van der Waals surface area contributed by atoms with Gasteiger partial charge in [0.25, 0.3) is 0 Å². The van der Waals surface area contributed by atoms with Crippen LogP contribution in [0.1, 0.15) is 31.4 Å². The average Bonchev–Trinajstić information content (AvgIpc) is 2.34. The lowest BCUT2D eigenvalue weighted by atomic mass is 10.1. The summed E-state index contributed by atoms with van der Waals surface area (Å²) in [5.41, 5.74) is 0.740. The highest BCUT2D eigenvalue weighted by atomic mass is 16.3. The summed E-state index contributed by atoms with van der Waals surface area (Å²) in [6.07, 6.45) is 5.91. The van der Waals surface area contributed by atoms with Crippen molar-refractivity contribution >= 4 is 5.91 Å². The van der Waals surface area contributed by atoms with E-state index in [-0.39, 0.29) is 17.7 Å². The van der Waals surface area contributed by atoms with Crippen LogP contribution in [-0.2, 0) is 4.79 Å². The molecule has 1 rings (SSSR count). The monoisotopic (exact) mass is 231 g/mol. The van der Waals surface area contributed by atoms with Crippen molar-refractivity contribution in [3.05, 3.63) is 29.8 Å². The van der Waals surface area contributed by atoms with Crippen LogP contribution in [0.2, 0.25) is 0 Å². The molecule has 0 saturated heterocycles. The Kier molecular flexibility index (Phi) is 4.59. The highest BCUT2D eigenvalue weighted by molar-refractivity contribution is 5.76. The van der Waals surface area contributed by atoms with Crippen molar-refractivity contribution in [2.45, 2.75) is 25.8 Å². The number of phenols is 1. The van der Waals surface area contributed by atoms with E-state index < -0.39 is 0 Å². The molecular weight excluding hydrogens is 214 g/mol. The third-order valence-electron chi connectivity index (χ3n) is 2.84. The predicted molar refractivity (Wildman–Crippen MR) is 67.4 cm³/mol. The van der Waals surface area contributed by atoms with Gasteiger partial charge in [-0.1, -0.05) is 18.2 Å². The molecule has 3 heteroatoms. The number of rotatable bonds is 4. The molecule has 0 aromatic heterocycles. The van der Waals surface area contributed by atoms with E-state index in [2.05, 4.69) is 5.92 Å². The Bertz CT molecular complexity index is 434. The summed E-state index contributed by atoms with van der Waals surface area (Å²) in [5.74, 6) is 2.64. The second-order valence-corrected chi connectivity index (χ2v) is 3.94. The quantitative estimate of drug-likeness (QED) is 0.808. The highest BCUT2D eigenvalue weighted by Crippen LogP contribution is 2.27. The Morgan fingerprint density at radius 3 is 2.76 bits per heavy atom. The Morgan fingerprint density at radius 1 is 1.53 bits per heavy atom. The lowest BCUT2D eigenvalue weighted by molar-refractivity contribution is -0.131. The number of aromatic hydroxyl groups is 1. The first-order valence-electron chi connectivity index (χ1n) is 5.55. The first-order valence-corrected chi connectivity index (χ1v) is 5.55. The molecule has 17 heavy (non-hydrogen) atoms. The molecule has 90 valence electrons. The van der Waals surface area contributed by atoms with E-state index in [1.807, 2.05) is 19.1 Å². The van der Waals surface area contributed by atoms with Crippen LogP contribution in [0.3, 0.4) is 0 Å². The van der Waals surface area contributed by atoms with Gasteiger partial charge in [-0.05, 0) is 13.0 Å². The molecular formula is C14H17NO2. The molecule has 1 atom stereocenters. The van der Waals surface area contributed by atoms with Crippen LogP contribution in [0, 0.1) is 12.3 Å². The van der Waals surface area contributed by atoms with Crippen LogP contribution in [0.15, 0.2) is 24.3 Å². The van der Waals surface area contributed by atoms with E-state index >= 15 is 0 Å². The van der Waals surface area contributed by atoms with Gasteiger partial charge in [0.05, 0.1) is 6.04 Å². The number of carbonyl (C=O) groups excluding carboxylic acids is 1. The summed E-state index contributed by atoms with van der Waals surface area (Å²) in [5, 5.41) is 9.72. The predicted octanol–water partition coefficient (Wildman–Crippen LogP) is 2.33. The van der Waals surface area contributed by atoms with Crippen molar-refractivity contribution in [3.8, 4) is 18.1 Å². The minimum atomic E-state index is -0.165. The number of terminal acetylenes is 1. The number of nitrogens with zero attached hydrogens (tertiary/aromatic N) is 1. The fourth-order valence-electron chi connectivity index (χ4n) is 1.62. The second-order valence-electron chi connectivity index (χ2n) is 3.94. The fourth-order valence-corrected chi connectivity index (χ4v) is 1.62. The van der Waals surface area contributed by atoms with Gasteiger partial charge in [0.1, 0.15) is 5.75 Å². The van der Waals surface area contributed by atoms with Crippen molar-refractivity contribution < 1.29 is 9.90 Å². The summed E-state index contributed by atoms with van der Waals surface area (Å²) in [4.78, 5) is 13.4. The number of phenolic OH excluding ortho intramolecular Hbond substituents is 1. The van der Waals surface area contributed by atoms with Gasteiger partial charge < -0.3 is 10.0 Å². The second kappa shape index (κ2) is 5.95. The number of hydrogen-bond donors (Lipinski definition) is 1. The van der Waals surface area contributed by atoms with E-state index in [1.165, 1.54) is 0 Å². The number of benzene rings is 1. The molecule has 0 aliphatic heterocycles. The molecule has 0 fully saturated rings. The van der Waals surface area contributed by atoms with Crippen molar-refractivity contribution in [1.82, 2.24) is 4.90 Å². The topological polar surface area (TPSA) is 40.5 Å². The van der Waals surface area contributed by atoms with Crippen LogP contribution in [0.25, 0.3) is 0 Å². The molecule has 0 saturated carbocycles. The lowest BCUT2D eigenvalue weighted by Crippen LogP contribution is -2.29. The summed E-state index contributed by atoms with van der Waals surface area (Å²) in [6.45, 7) is 1.88. The van der Waals surface area contributed by atoms with E-state index in [0.29, 0.717) is 12.8 Å². The normalized spacial score (nSPS) is 11.6. The van der Waals surface area contributed by atoms with Gasteiger partial charge >= 0.3 is 0 Å². The van der Waals surface area contributed by atoms with Crippen LogP contribution in [-0.4, -0.2) is 23.0 Å². The van der Waals surface area contributed by atoms with Gasteiger partial charge in [0.2, 0.25) is 5.91 Å². The third-order valence-corrected chi connectivity index (χ3v) is 2.84. The number of carbonyl (C=O) groups is 1.